The van der Waals surface area contributed by atoms with E-state index >= 15 is 0 Å². The minimum absolute atomic E-state index is 1.05. The first-order valence-corrected chi connectivity index (χ1v) is 8.65. The summed E-state index contributed by atoms with van der Waals surface area (Å²) in [6.07, 6.45) is 1.05. The Bertz CT molecular complexity index is 704. The van der Waals surface area contributed by atoms with Crippen LogP contribution in [0.4, 0.5) is 13.2 Å². The van der Waals surface area contributed by atoms with Gasteiger partial charge >= 0.3 is 5.51 Å². The molecule has 0 bridgehead atoms. The molecule has 0 radical (unpaired) electrons. The van der Waals surface area contributed by atoms with Gasteiger partial charge in [0, 0.05) is 11.3 Å². The Labute approximate surface area is 136 Å². The van der Waals surface area contributed by atoms with Crippen LogP contribution in [0, 0.1) is 6.92 Å². The summed E-state index contributed by atoms with van der Waals surface area (Å²) in [5, 5.41) is 2.16. The Morgan fingerprint density at radius 3 is 2.05 bits per heavy atom. The first kappa shape index (κ1) is 19.0. The second kappa shape index (κ2) is 7.49. The van der Waals surface area contributed by atoms with E-state index in [2.05, 4.69) is 55.3 Å². The fourth-order valence-corrected chi connectivity index (χ4v) is 2.50. The molecule has 0 aliphatic carbocycles. The van der Waals surface area contributed by atoms with Crippen LogP contribution < -0.4 is 0 Å². The molecule has 9 heteroatoms. The highest BCUT2D eigenvalue weighted by molar-refractivity contribution is 7.86. The summed E-state index contributed by atoms with van der Waals surface area (Å²) in [6.45, 7) is 2.17. The first-order valence-electron chi connectivity index (χ1n) is 5.86. The van der Waals surface area contributed by atoms with Gasteiger partial charge in [0.05, 0.1) is 0 Å². The summed E-state index contributed by atoms with van der Waals surface area (Å²) >= 11 is 5.33. The van der Waals surface area contributed by atoms with Crippen molar-refractivity contribution in [3.63, 3.8) is 0 Å². The highest BCUT2D eigenvalue weighted by atomic mass is 32.2. The number of hydrogen-bond donors (Lipinski definition) is 0. The molecule has 2 aromatic rings. The van der Waals surface area contributed by atoms with Crippen molar-refractivity contribution in [1.82, 2.24) is 0 Å². The molecule has 1 heterocycles. The van der Waals surface area contributed by atoms with Gasteiger partial charge in [-0.1, -0.05) is 12.1 Å². The number of hydrogen-bond acceptors (Lipinski definition) is 4. The SMILES string of the molecule is Cc1ccsc1Cc1ccc([SH2+])cc1.O=S(=O)([O-])C(F)(F)F. The third-order valence-electron chi connectivity index (χ3n) is 2.57. The fraction of sp³-hybridized carbons (Fsp3) is 0.231. The van der Waals surface area contributed by atoms with E-state index in [1.165, 1.54) is 16.0 Å². The van der Waals surface area contributed by atoms with Crippen LogP contribution in [0.5, 0.6) is 0 Å². The van der Waals surface area contributed by atoms with E-state index in [-0.39, 0.29) is 0 Å². The third-order valence-corrected chi connectivity index (χ3v) is 4.49. The Morgan fingerprint density at radius 1 is 1.18 bits per heavy atom. The van der Waals surface area contributed by atoms with E-state index in [4.69, 9.17) is 13.0 Å². The molecule has 0 saturated carbocycles. The molecular weight excluding hydrogens is 357 g/mol. The lowest BCUT2D eigenvalue weighted by atomic mass is 10.1. The second-order valence-electron chi connectivity index (χ2n) is 4.30. The molecule has 0 spiro atoms. The second-order valence-corrected chi connectivity index (χ2v) is 7.25. The molecule has 0 unspecified atom stereocenters. The van der Waals surface area contributed by atoms with Gasteiger partial charge in [-0.25, -0.2) is 8.42 Å². The van der Waals surface area contributed by atoms with Gasteiger partial charge in [0.2, 0.25) is 0 Å². The van der Waals surface area contributed by atoms with Crippen molar-refractivity contribution < 1.29 is 26.1 Å². The lowest BCUT2D eigenvalue weighted by molar-refractivity contribution is -0.0517. The van der Waals surface area contributed by atoms with E-state index in [0.29, 0.717) is 0 Å². The van der Waals surface area contributed by atoms with Crippen LogP contribution in [0.25, 0.3) is 0 Å². The molecule has 0 saturated heterocycles. The smallest absolute Gasteiger partial charge is 0.485 e. The number of rotatable bonds is 2. The molecule has 22 heavy (non-hydrogen) atoms. The van der Waals surface area contributed by atoms with Crippen LogP contribution >= 0.6 is 11.3 Å². The topological polar surface area (TPSA) is 57.2 Å². The van der Waals surface area contributed by atoms with E-state index in [1.54, 1.807) is 0 Å². The van der Waals surface area contributed by atoms with Crippen molar-refractivity contribution in [3.8, 4) is 0 Å². The van der Waals surface area contributed by atoms with E-state index in [0.717, 1.165) is 11.3 Å². The predicted octanol–water partition coefficient (Wildman–Crippen LogP) is 3.07. The van der Waals surface area contributed by atoms with E-state index in [9.17, 15) is 13.2 Å². The van der Waals surface area contributed by atoms with Crippen LogP contribution in [0.3, 0.4) is 0 Å². The Hall–Kier alpha value is -1.03. The lowest BCUT2D eigenvalue weighted by Gasteiger charge is -2.08. The molecule has 0 atom stereocenters. The summed E-state index contributed by atoms with van der Waals surface area (Å²) in [7, 11) is -6.09. The van der Waals surface area contributed by atoms with Crippen LogP contribution in [0.1, 0.15) is 16.0 Å². The number of benzene rings is 1. The van der Waals surface area contributed by atoms with Gasteiger partial charge in [0.15, 0.2) is 10.1 Å². The number of alkyl halides is 3. The zero-order valence-corrected chi connectivity index (χ0v) is 14.0. The monoisotopic (exact) mass is 370 g/mol. The number of thiophene rings is 1. The molecule has 0 amide bonds. The van der Waals surface area contributed by atoms with Gasteiger partial charge in [-0.15, -0.1) is 11.3 Å². The van der Waals surface area contributed by atoms with Gasteiger partial charge in [-0.2, -0.15) is 13.2 Å². The zero-order chi connectivity index (χ0) is 17.0. The summed E-state index contributed by atoms with van der Waals surface area (Å²) in [6, 6.07) is 10.7. The fourth-order valence-electron chi connectivity index (χ4n) is 1.39. The highest BCUT2D eigenvalue weighted by Gasteiger charge is 2.36. The van der Waals surface area contributed by atoms with Crippen LogP contribution in [0.15, 0.2) is 40.6 Å². The summed E-state index contributed by atoms with van der Waals surface area (Å²) < 4.78 is 58.9. The average Bonchev–Trinajstić information content (AvgIpc) is 2.76. The van der Waals surface area contributed by atoms with Gasteiger partial charge in [-0.3, -0.25) is 0 Å². The van der Waals surface area contributed by atoms with Crippen LogP contribution in [-0.4, -0.2) is 18.5 Å². The van der Waals surface area contributed by atoms with Crippen molar-refractivity contribution in [1.29, 1.82) is 0 Å². The van der Waals surface area contributed by atoms with Crippen molar-refractivity contribution >= 4 is 34.1 Å². The molecule has 0 aliphatic heterocycles. The third kappa shape index (κ3) is 5.99. The van der Waals surface area contributed by atoms with Crippen LogP contribution in [-0.2, 0) is 29.2 Å². The van der Waals surface area contributed by atoms with E-state index < -0.39 is 15.6 Å². The number of halogens is 3. The maximum absolute atomic E-state index is 10.7. The maximum Gasteiger partial charge on any atom is 0.485 e. The van der Waals surface area contributed by atoms with Crippen molar-refractivity contribution in [2.75, 3.05) is 0 Å². The maximum atomic E-state index is 10.7. The molecule has 0 aliphatic rings. The molecule has 122 valence electrons. The van der Waals surface area contributed by atoms with Crippen molar-refractivity contribution in [3.05, 3.63) is 51.7 Å². The predicted molar refractivity (Wildman–Crippen MR) is 82.5 cm³/mol. The Morgan fingerprint density at radius 2 is 1.68 bits per heavy atom. The first-order chi connectivity index (χ1) is 10.0. The summed E-state index contributed by atoms with van der Waals surface area (Å²) in [4.78, 5) is 2.60. The Kier molecular flexibility index (Phi) is 6.48. The minimum Gasteiger partial charge on any atom is -0.741 e. The lowest BCUT2D eigenvalue weighted by Crippen LogP contribution is -2.21. The van der Waals surface area contributed by atoms with E-state index in [1.807, 2.05) is 11.3 Å². The molecular formula is C13H13F3O3S3. The molecule has 3 nitrogen and oxygen atoms in total. The minimum atomic E-state index is -6.09. The quantitative estimate of drug-likeness (QED) is 0.464. The molecule has 0 fully saturated rings. The largest absolute Gasteiger partial charge is 0.741 e. The molecule has 0 N–H and O–H groups in total. The normalized spacial score (nSPS) is 11.7. The zero-order valence-electron chi connectivity index (χ0n) is 11.3. The van der Waals surface area contributed by atoms with Crippen molar-refractivity contribution in [2.45, 2.75) is 23.7 Å². The molecule has 1 aromatic heterocycles. The molecule has 2 rings (SSSR count). The van der Waals surface area contributed by atoms with Crippen molar-refractivity contribution in [2.24, 2.45) is 0 Å². The highest BCUT2D eigenvalue weighted by Crippen LogP contribution is 2.21. The van der Waals surface area contributed by atoms with Crippen LogP contribution in [0.2, 0.25) is 0 Å². The standard InChI is InChI=1S/C12H12S2.CHF3O3S/c1-9-6-7-14-12(9)8-10-2-4-11(13)5-3-10;2-1(3,4)8(5,6)7/h2-7,13H,8H2,1H3;(H,5,6,7). The van der Waals surface area contributed by atoms with Gasteiger partial charge < -0.3 is 4.55 Å². The summed E-state index contributed by atoms with van der Waals surface area (Å²) in [5.74, 6) is 0. The van der Waals surface area contributed by atoms with Gasteiger partial charge in [0.1, 0.15) is 4.90 Å². The molecule has 1 aromatic carbocycles. The van der Waals surface area contributed by atoms with Gasteiger partial charge in [0.25, 0.3) is 0 Å². The average molecular weight is 370 g/mol. The summed E-state index contributed by atoms with van der Waals surface area (Å²) in [5.41, 5.74) is -2.87. The Balaban J connectivity index is 0.000000261. The van der Waals surface area contributed by atoms with Gasteiger partial charge in [-0.05, 0) is 54.3 Å². The number of aryl methyl sites for hydroxylation is 1.